The largest absolute Gasteiger partial charge is 0.493 e. The lowest BCUT2D eigenvalue weighted by molar-refractivity contribution is -0.121. The van der Waals surface area contributed by atoms with E-state index in [0.717, 1.165) is 33.8 Å². The number of benzene rings is 3. The van der Waals surface area contributed by atoms with Crippen molar-refractivity contribution in [2.75, 3.05) is 21.0 Å². The molecule has 2 heterocycles. The van der Waals surface area contributed by atoms with Crippen LogP contribution in [0.2, 0.25) is 0 Å². The fourth-order valence-corrected chi connectivity index (χ4v) is 4.12. The predicted octanol–water partition coefficient (Wildman–Crippen LogP) is 4.53. The van der Waals surface area contributed by atoms with Crippen LogP contribution in [-0.4, -0.2) is 36.7 Å². The standard InChI is InChI=1S/C28H27N3O5/c1-33-23-11-8-19(14-25(23)34-2)16-29-27(32)13-10-21-17-31(22-6-4-3-5-7-22)30-28(21)20-9-12-24-26(15-20)36-18-35-24/h3-9,11-12,14-15,17H,10,13,16,18H2,1-2H3,(H,29,32). The number of aromatic nitrogens is 2. The van der Waals surface area contributed by atoms with E-state index >= 15 is 0 Å². The first-order chi connectivity index (χ1) is 17.6. The third-order valence-electron chi connectivity index (χ3n) is 6.02. The molecule has 1 amide bonds. The van der Waals surface area contributed by atoms with E-state index in [1.807, 2.05) is 77.6 Å². The highest BCUT2D eigenvalue weighted by Gasteiger charge is 2.18. The van der Waals surface area contributed by atoms with Crippen molar-refractivity contribution in [3.8, 4) is 39.9 Å². The Morgan fingerprint density at radius 1 is 0.972 bits per heavy atom. The molecule has 1 N–H and O–H groups in total. The Morgan fingerprint density at radius 2 is 1.78 bits per heavy atom. The highest BCUT2D eigenvalue weighted by molar-refractivity contribution is 5.77. The van der Waals surface area contributed by atoms with E-state index in [2.05, 4.69) is 5.32 Å². The van der Waals surface area contributed by atoms with Crippen molar-refractivity contribution in [2.24, 2.45) is 0 Å². The maximum absolute atomic E-state index is 12.7. The molecule has 0 aliphatic carbocycles. The van der Waals surface area contributed by atoms with Gasteiger partial charge in [-0.3, -0.25) is 4.79 Å². The third kappa shape index (κ3) is 4.98. The molecule has 0 saturated carbocycles. The van der Waals surface area contributed by atoms with Gasteiger partial charge in [0.1, 0.15) is 0 Å². The van der Waals surface area contributed by atoms with Gasteiger partial charge < -0.3 is 24.3 Å². The van der Waals surface area contributed by atoms with Crippen LogP contribution in [0.25, 0.3) is 16.9 Å². The number of carbonyl (C=O) groups excluding carboxylic acids is 1. The summed E-state index contributed by atoms with van der Waals surface area (Å²) in [7, 11) is 3.19. The summed E-state index contributed by atoms with van der Waals surface area (Å²) in [5.41, 5.74) is 4.57. The first-order valence-corrected chi connectivity index (χ1v) is 11.7. The number of nitrogens with one attached hydrogen (secondary N) is 1. The molecule has 8 heteroatoms. The molecule has 1 aromatic heterocycles. The summed E-state index contributed by atoms with van der Waals surface area (Å²) in [6.07, 6.45) is 2.84. The average Bonchev–Trinajstić information content (AvgIpc) is 3.57. The number of nitrogens with zero attached hydrogens (tertiary/aromatic N) is 2. The first-order valence-electron chi connectivity index (χ1n) is 11.7. The SMILES string of the molecule is COc1ccc(CNC(=O)CCc2cn(-c3ccccc3)nc2-c2ccc3c(c2)OCO3)cc1OC. The van der Waals surface area contributed by atoms with Crippen molar-refractivity contribution in [3.63, 3.8) is 0 Å². The topological polar surface area (TPSA) is 83.8 Å². The first kappa shape index (κ1) is 23.3. The Hall–Kier alpha value is -4.46. The molecule has 184 valence electrons. The molecule has 0 unspecified atom stereocenters. The van der Waals surface area contributed by atoms with Gasteiger partial charge in [0.25, 0.3) is 0 Å². The fourth-order valence-electron chi connectivity index (χ4n) is 4.12. The van der Waals surface area contributed by atoms with Gasteiger partial charge in [0.2, 0.25) is 12.7 Å². The Morgan fingerprint density at radius 3 is 2.58 bits per heavy atom. The van der Waals surface area contributed by atoms with Crippen LogP contribution in [0.1, 0.15) is 17.5 Å². The minimum atomic E-state index is -0.0473. The molecular weight excluding hydrogens is 458 g/mol. The van der Waals surface area contributed by atoms with Gasteiger partial charge >= 0.3 is 0 Å². The van der Waals surface area contributed by atoms with Crippen molar-refractivity contribution in [1.82, 2.24) is 15.1 Å². The molecule has 5 rings (SSSR count). The molecule has 0 atom stereocenters. The van der Waals surface area contributed by atoms with E-state index < -0.39 is 0 Å². The molecule has 0 bridgehead atoms. The predicted molar refractivity (Wildman–Crippen MR) is 135 cm³/mol. The Kier molecular flexibility index (Phi) is 6.75. The molecule has 0 saturated heterocycles. The zero-order chi connectivity index (χ0) is 24.9. The second-order valence-electron chi connectivity index (χ2n) is 8.32. The maximum Gasteiger partial charge on any atom is 0.231 e. The summed E-state index contributed by atoms with van der Waals surface area (Å²) in [4.78, 5) is 12.7. The van der Waals surface area contributed by atoms with Crippen LogP contribution in [0, 0.1) is 0 Å². The molecule has 1 aliphatic heterocycles. The molecule has 3 aromatic carbocycles. The summed E-state index contributed by atoms with van der Waals surface area (Å²) < 4.78 is 23.5. The number of carbonyl (C=O) groups is 1. The number of para-hydroxylation sites is 1. The highest BCUT2D eigenvalue weighted by Crippen LogP contribution is 2.37. The number of aryl methyl sites for hydroxylation is 1. The normalized spacial score (nSPS) is 11.8. The number of ether oxygens (including phenoxy) is 4. The van der Waals surface area contributed by atoms with Crippen LogP contribution < -0.4 is 24.3 Å². The van der Waals surface area contributed by atoms with Gasteiger partial charge in [-0.05, 0) is 60.0 Å². The Labute approximate surface area is 209 Å². The minimum Gasteiger partial charge on any atom is -0.493 e. The van der Waals surface area contributed by atoms with E-state index in [0.29, 0.717) is 36.6 Å². The number of amides is 1. The van der Waals surface area contributed by atoms with Crippen molar-refractivity contribution >= 4 is 5.91 Å². The second kappa shape index (κ2) is 10.4. The molecule has 0 radical (unpaired) electrons. The number of hydrogen-bond donors (Lipinski definition) is 1. The third-order valence-corrected chi connectivity index (χ3v) is 6.02. The van der Waals surface area contributed by atoms with E-state index in [-0.39, 0.29) is 12.7 Å². The van der Waals surface area contributed by atoms with E-state index in [1.165, 1.54) is 0 Å². The quantitative estimate of drug-likeness (QED) is 0.375. The lowest BCUT2D eigenvalue weighted by Crippen LogP contribution is -2.23. The summed E-state index contributed by atoms with van der Waals surface area (Å²) in [5.74, 6) is 2.65. The van der Waals surface area contributed by atoms with Crippen LogP contribution in [0.3, 0.4) is 0 Å². The smallest absolute Gasteiger partial charge is 0.231 e. The fraction of sp³-hybridized carbons (Fsp3) is 0.214. The molecular formula is C28H27N3O5. The van der Waals surface area contributed by atoms with Gasteiger partial charge in [0.05, 0.1) is 25.6 Å². The average molecular weight is 486 g/mol. The Bertz CT molecular complexity index is 1370. The summed E-state index contributed by atoms with van der Waals surface area (Å²) in [6.45, 7) is 0.613. The van der Waals surface area contributed by atoms with Crippen molar-refractivity contribution in [1.29, 1.82) is 0 Å². The van der Waals surface area contributed by atoms with Crippen LogP contribution in [-0.2, 0) is 17.8 Å². The molecule has 1 aliphatic rings. The van der Waals surface area contributed by atoms with Crippen molar-refractivity contribution < 1.29 is 23.7 Å². The lowest BCUT2D eigenvalue weighted by atomic mass is 10.0. The van der Waals surface area contributed by atoms with Crippen LogP contribution in [0.4, 0.5) is 0 Å². The van der Waals surface area contributed by atoms with Crippen LogP contribution >= 0.6 is 0 Å². The molecule has 0 spiro atoms. The number of rotatable bonds is 9. The van der Waals surface area contributed by atoms with Gasteiger partial charge in [-0.25, -0.2) is 4.68 Å². The number of fused-ring (bicyclic) bond motifs is 1. The highest BCUT2D eigenvalue weighted by atomic mass is 16.7. The van der Waals surface area contributed by atoms with Crippen LogP contribution in [0.15, 0.2) is 72.9 Å². The van der Waals surface area contributed by atoms with Crippen molar-refractivity contribution in [3.05, 3.63) is 84.1 Å². The summed E-state index contributed by atoms with van der Waals surface area (Å²) in [6, 6.07) is 21.3. The lowest BCUT2D eigenvalue weighted by Gasteiger charge is -2.10. The molecule has 36 heavy (non-hydrogen) atoms. The molecule has 0 fully saturated rings. The number of methoxy groups -OCH3 is 2. The van der Waals surface area contributed by atoms with E-state index in [9.17, 15) is 4.79 Å². The van der Waals surface area contributed by atoms with E-state index in [1.54, 1.807) is 14.2 Å². The van der Waals surface area contributed by atoms with Gasteiger partial charge in [-0.2, -0.15) is 5.10 Å². The minimum absolute atomic E-state index is 0.0473. The van der Waals surface area contributed by atoms with Gasteiger partial charge in [-0.1, -0.05) is 24.3 Å². The van der Waals surface area contributed by atoms with Gasteiger partial charge in [-0.15, -0.1) is 0 Å². The van der Waals surface area contributed by atoms with Gasteiger partial charge in [0, 0.05) is 24.7 Å². The maximum atomic E-state index is 12.7. The number of hydrogen-bond acceptors (Lipinski definition) is 6. The molecule has 8 nitrogen and oxygen atoms in total. The summed E-state index contributed by atoms with van der Waals surface area (Å²) >= 11 is 0. The zero-order valence-electron chi connectivity index (χ0n) is 20.2. The monoisotopic (exact) mass is 485 g/mol. The zero-order valence-corrected chi connectivity index (χ0v) is 20.2. The molecule has 4 aromatic rings. The summed E-state index contributed by atoms with van der Waals surface area (Å²) in [5, 5.41) is 7.84. The van der Waals surface area contributed by atoms with Gasteiger partial charge in [0.15, 0.2) is 23.0 Å². The van der Waals surface area contributed by atoms with Crippen molar-refractivity contribution in [2.45, 2.75) is 19.4 Å². The Balaban J connectivity index is 1.31. The van der Waals surface area contributed by atoms with Crippen LogP contribution in [0.5, 0.6) is 23.0 Å². The second-order valence-corrected chi connectivity index (χ2v) is 8.32. The van der Waals surface area contributed by atoms with E-state index in [4.69, 9.17) is 24.0 Å².